The van der Waals surface area contributed by atoms with E-state index in [4.69, 9.17) is 15.2 Å². The normalized spacial score (nSPS) is 13.0. The molecule has 240 valence electrons. The van der Waals surface area contributed by atoms with Crippen molar-refractivity contribution in [2.45, 2.75) is 200 Å². The van der Waals surface area contributed by atoms with Gasteiger partial charge in [-0.05, 0) is 32.2 Å². The van der Waals surface area contributed by atoms with Crippen LogP contribution in [-0.4, -0.2) is 31.8 Å². The van der Waals surface area contributed by atoms with Crippen LogP contribution < -0.4 is 5.73 Å². The predicted molar refractivity (Wildman–Crippen MR) is 175 cm³/mol. The molecule has 0 spiro atoms. The van der Waals surface area contributed by atoms with Crippen LogP contribution in [-0.2, 0) is 14.3 Å². The van der Waals surface area contributed by atoms with Crippen LogP contribution in [0.15, 0.2) is 0 Å². The number of carbonyl (C=O) groups is 1. The molecule has 4 nitrogen and oxygen atoms in total. The van der Waals surface area contributed by atoms with E-state index >= 15 is 0 Å². The lowest BCUT2D eigenvalue weighted by molar-refractivity contribution is -0.146. The van der Waals surface area contributed by atoms with Crippen molar-refractivity contribution < 1.29 is 14.3 Å². The first-order valence-corrected chi connectivity index (χ1v) is 18.1. The monoisotopic (exact) mass is 568 g/mol. The fraction of sp³-hybridized carbons (Fsp3) is 0.972. The number of unbranched alkanes of at least 4 members (excludes halogenated alkanes) is 23. The molecule has 2 N–H and O–H groups in total. The largest absolute Gasteiger partial charge is 0.463 e. The van der Waals surface area contributed by atoms with Crippen molar-refractivity contribution in [1.29, 1.82) is 0 Å². The van der Waals surface area contributed by atoms with Gasteiger partial charge >= 0.3 is 5.97 Å². The van der Waals surface area contributed by atoms with Crippen molar-refractivity contribution in [2.75, 3.05) is 19.8 Å². The van der Waals surface area contributed by atoms with Crippen molar-refractivity contribution >= 4 is 5.97 Å². The highest BCUT2D eigenvalue weighted by Gasteiger charge is 2.16. The molecule has 0 aromatic rings. The lowest BCUT2D eigenvalue weighted by Crippen LogP contribution is -2.29. The zero-order chi connectivity index (χ0) is 29.4. The summed E-state index contributed by atoms with van der Waals surface area (Å²) in [6, 6.07) is 0. The van der Waals surface area contributed by atoms with Crippen LogP contribution in [0.3, 0.4) is 0 Å². The fourth-order valence-electron chi connectivity index (χ4n) is 5.68. The van der Waals surface area contributed by atoms with Gasteiger partial charge in [-0.2, -0.15) is 0 Å². The lowest BCUT2D eigenvalue weighted by atomic mass is 9.95. The number of rotatable bonds is 33. The molecule has 0 aliphatic rings. The third kappa shape index (κ3) is 28.9. The van der Waals surface area contributed by atoms with Gasteiger partial charge in [-0.15, -0.1) is 0 Å². The maximum absolute atomic E-state index is 12.0. The van der Waals surface area contributed by atoms with E-state index in [9.17, 15) is 4.79 Å². The van der Waals surface area contributed by atoms with Gasteiger partial charge in [0.1, 0.15) is 6.61 Å². The van der Waals surface area contributed by atoms with Crippen LogP contribution in [0, 0.1) is 5.92 Å². The van der Waals surface area contributed by atoms with E-state index in [2.05, 4.69) is 20.8 Å². The molecule has 0 bridgehead atoms. The highest BCUT2D eigenvalue weighted by molar-refractivity contribution is 5.69. The number of hydrogen-bond acceptors (Lipinski definition) is 4. The summed E-state index contributed by atoms with van der Waals surface area (Å²) in [7, 11) is 0. The molecule has 40 heavy (non-hydrogen) atoms. The maximum Gasteiger partial charge on any atom is 0.305 e. The molecule has 0 amide bonds. The third-order valence-electron chi connectivity index (χ3n) is 8.61. The van der Waals surface area contributed by atoms with E-state index in [1.54, 1.807) is 0 Å². The Morgan fingerprint density at radius 1 is 0.550 bits per heavy atom. The molecular weight excluding hydrogens is 494 g/mol. The third-order valence-corrected chi connectivity index (χ3v) is 8.61. The highest BCUT2D eigenvalue weighted by atomic mass is 16.6. The van der Waals surface area contributed by atoms with Crippen molar-refractivity contribution in [3.8, 4) is 0 Å². The Labute approximate surface area is 251 Å². The summed E-state index contributed by atoms with van der Waals surface area (Å²) in [5.41, 5.74) is 6.04. The molecule has 2 unspecified atom stereocenters. The maximum atomic E-state index is 12.0. The van der Waals surface area contributed by atoms with Gasteiger partial charge in [0, 0.05) is 6.42 Å². The highest BCUT2D eigenvalue weighted by Crippen LogP contribution is 2.18. The lowest BCUT2D eigenvalue weighted by Gasteiger charge is -2.23. The van der Waals surface area contributed by atoms with Gasteiger partial charge in [0.2, 0.25) is 0 Å². The second-order valence-electron chi connectivity index (χ2n) is 12.5. The van der Waals surface area contributed by atoms with E-state index in [-0.39, 0.29) is 12.1 Å². The van der Waals surface area contributed by atoms with Gasteiger partial charge in [0.15, 0.2) is 0 Å². The molecule has 0 aliphatic heterocycles. The first kappa shape index (κ1) is 39.4. The Morgan fingerprint density at radius 2 is 0.925 bits per heavy atom. The second-order valence-corrected chi connectivity index (χ2v) is 12.5. The summed E-state index contributed by atoms with van der Waals surface area (Å²) in [6.07, 6.45) is 35.4. The summed E-state index contributed by atoms with van der Waals surface area (Å²) < 4.78 is 11.4. The Morgan fingerprint density at radius 3 is 1.32 bits per heavy atom. The molecule has 0 rings (SSSR count). The number of hydrogen-bond donors (Lipinski definition) is 1. The van der Waals surface area contributed by atoms with Crippen molar-refractivity contribution in [1.82, 2.24) is 0 Å². The van der Waals surface area contributed by atoms with Gasteiger partial charge in [-0.25, -0.2) is 0 Å². The van der Waals surface area contributed by atoms with Crippen LogP contribution in [0.25, 0.3) is 0 Å². The van der Waals surface area contributed by atoms with Crippen LogP contribution in [0.5, 0.6) is 0 Å². The summed E-state index contributed by atoms with van der Waals surface area (Å²) in [5.74, 6) is 0.316. The fourth-order valence-corrected chi connectivity index (χ4v) is 5.68. The average molecular weight is 568 g/mol. The predicted octanol–water partition coefficient (Wildman–Crippen LogP) is 11.1. The Bertz CT molecular complexity index is 498. The molecule has 0 saturated heterocycles. The van der Waals surface area contributed by atoms with E-state index in [0.717, 1.165) is 19.3 Å². The quantitative estimate of drug-likeness (QED) is 0.0632. The first-order chi connectivity index (χ1) is 19.7. The zero-order valence-electron chi connectivity index (χ0n) is 27.7. The van der Waals surface area contributed by atoms with Gasteiger partial charge < -0.3 is 15.2 Å². The van der Waals surface area contributed by atoms with Crippen molar-refractivity contribution in [2.24, 2.45) is 11.7 Å². The van der Waals surface area contributed by atoms with Crippen LogP contribution in [0.4, 0.5) is 0 Å². The first-order valence-electron chi connectivity index (χ1n) is 18.1. The smallest absolute Gasteiger partial charge is 0.305 e. The minimum Gasteiger partial charge on any atom is -0.463 e. The molecule has 0 aromatic heterocycles. The van der Waals surface area contributed by atoms with E-state index < -0.39 is 0 Å². The van der Waals surface area contributed by atoms with Gasteiger partial charge in [0.05, 0.1) is 12.7 Å². The van der Waals surface area contributed by atoms with Crippen LogP contribution >= 0.6 is 0 Å². The molecule has 2 atom stereocenters. The van der Waals surface area contributed by atoms with Crippen molar-refractivity contribution in [3.05, 3.63) is 0 Å². The summed E-state index contributed by atoms with van der Waals surface area (Å²) in [6.45, 7) is 8.17. The van der Waals surface area contributed by atoms with E-state index in [0.29, 0.717) is 32.1 Å². The summed E-state index contributed by atoms with van der Waals surface area (Å²) in [5, 5.41) is 0. The zero-order valence-corrected chi connectivity index (χ0v) is 27.7. The molecule has 0 fully saturated rings. The van der Waals surface area contributed by atoms with Crippen LogP contribution in [0.1, 0.15) is 194 Å². The van der Waals surface area contributed by atoms with Gasteiger partial charge in [-0.3, -0.25) is 4.79 Å². The number of carbonyl (C=O) groups excluding carboxylic acids is 1. The number of esters is 1. The Hall–Kier alpha value is -0.610. The summed E-state index contributed by atoms with van der Waals surface area (Å²) >= 11 is 0. The van der Waals surface area contributed by atoms with Crippen LogP contribution in [0.2, 0.25) is 0 Å². The molecule has 4 heteroatoms. The minimum absolute atomic E-state index is 0.0776. The van der Waals surface area contributed by atoms with Gasteiger partial charge in [0.25, 0.3) is 0 Å². The SMILES string of the molecule is CCCCCCCCCCCCCCCC(=O)OCCOC(C)C(CN)CCCCCCCCCCCCCC. The molecule has 0 saturated carbocycles. The number of nitrogens with two attached hydrogens (primary N) is 1. The molecule has 0 aromatic carbocycles. The molecule has 0 radical (unpaired) electrons. The Balaban J connectivity index is 3.50. The van der Waals surface area contributed by atoms with E-state index in [1.165, 1.54) is 148 Å². The topological polar surface area (TPSA) is 61.5 Å². The van der Waals surface area contributed by atoms with Gasteiger partial charge in [-0.1, -0.05) is 168 Å². The molecular formula is C36H73NO3. The average Bonchev–Trinajstić information content (AvgIpc) is 2.96. The van der Waals surface area contributed by atoms with Crippen molar-refractivity contribution in [3.63, 3.8) is 0 Å². The second kappa shape index (κ2) is 32.9. The van der Waals surface area contributed by atoms with E-state index in [1.807, 2.05) is 0 Å². The summed E-state index contributed by atoms with van der Waals surface area (Å²) in [4.78, 5) is 12.0. The molecule has 0 heterocycles. The Kier molecular flexibility index (Phi) is 32.4. The standard InChI is InChI=1S/C36H73NO3/c1-4-6-8-10-12-14-16-18-20-22-24-26-28-30-36(38)40-32-31-39-34(3)35(33-37)29-27-25-23-21-19-17-15-13-11-9-7-5-2/h34-35H,4-33,37H2,1-3H3. The number of ether oxygens (including phenoxy) is 2. The minimum atomic E-state index is -0.0776. The molecule has 0 aliphatic carbocycles.